The molecule has 1 aromatic carbocycles. The van der Waals surface area contributed by atoms with Crippen LogP contribution in [0.25, 0.3) is 10.9 Å². The highest BCUT2D eigenvalue weighted by atomic mass is 16.4. The summed E-state index contributed by atoms with van der Waals surface area (Å²) < 4.78 is 4.17. The van der Waals surface area contributed by atoms with Gasteiger partial charge in [0.15, 0.2) is 5.84 Å². The standard InChI is InChI=1S/C15H17N5O/c1-19-10-7-17-14(19)6-9-20-8-5-11-12(15(16)18-21)3-2-4-13(11)20/h2-5,7-8,10,21H,6,9H2,1H3,(H2,16,18). The number of nitrogens with zero attached hydrogens (tertiary/aromatic N) is 4. The Labute approximate surface area is 122 Å². The van der Waals surface area contributed by atoms with Crippen LogP contribution in [0.2, 0.25) is 0 Å². The maximum atomic E-state index is 8.86. The van der Waals surface area contributed by atoms with Crippen molar-refractivity contribution in [2.24, 2.45) is 17.9 Å². The van der Waals surface area contributed by atoms with E-state index in [0.29, 0.717) is 0 Å². The van der Waals surface area contributed by atoms with Crippen molar-refractivity contribution in [1.29, 1.82) is 0 Å². The summed E-state index contributed by atoms with van der Waals surface area (Å²) in [5.41, 5.74) is 7.52. The molecule has 3 rings (SSSR count). The number of oxime groups is 1. The molecule has 0 atom stereocenters. The van der Waals surface area contributed by atoms with Crippen molar-refractivity contribution < 1.29 is 5.21 Å². The van der Waals surface area contributed by atoms with Gasteiger partial charge in [-0.3, -0.25) is 0 Å². The van der Waals surface area contributed by atoms with Gasteiger partial charge in [-0.25, -0.2) is 4.98 Å². The van der Waals surface area contributed by atoms with Crippen LogP contribution in [-0.4, -0.2) is 25.2 Å². The lowest BCUT2D eigenvalue weighted by molar-refractivity contribution is 0.318. The second kappa shape index (κ2) is 5.32. The molecule has 0 aliphatic rings. The molecule has 0 unspecified atom stereocenters. The Morgan fingerprint density at radius 2 is 2.19 bits per heavy atom. The largest absolute Gasteiger partial charge is 0.409 e. The number of rotatable bonds is 4. The van der Waals surface area contributed by atoms with E-state index in [4.69, 9.17) is 10.9 Å². The van der Waals surface area contributed by atoms with E-state index in [2.05, 4.69) is 14.7 Å². The first-order valence-electron chi connectivity index (χ1n) is 6.72. The second-order valence-electron chi connectivity index (χ2n) is 4.94. The lowest BCUT2D eigenvalue weighted by Gasteiger charge is -2.07. The molecule has 21 heavy (non-hydrogen) atoms. The van der Waals surface area contributed by atoms with Gasteiger partial charge in [0.25, 0.3) is 0 Å². The van der Waals surface area contributed by atoms with E-state index < -0.39 is 0 Å². The number of hydrogen-bond donors (Lipinski definition) is 2. The van der Waals surface area contributed by atoms with Gasteiger partial charge in [-0.15, -0.1) is 0 Å². The van der Waals surface area contributed by atoms with Gasteiger partial charge in [0.1, 0.15) is 5.82 Å². The Hall–Kier alpha value is -2.76. The van der Waals surface area contributed by atoms with Crippen LogP contribution in [0.5, 0.6) is 0 Å². The van der Waals surface area contributed by atoms with Crippen LogP contribution in [0.15, 0.2) is 48.0 Å². The van der Waals surface area contributed by atoms with E-state index in [1.54, 1.807) is 6.20 Å². The van der Waals surface area contributed by atoms with Crippen LogP contribution in [0, 0.1) is 0 Å². The minimum Gasteiger partial charge on any atom is -0.409 e. The fourth-order valence-corrected chi connectivity index (χ4v) is 2.55. The SMILES string of the molecule is Cn1ccnc1CCn1ccc2c(/C(N)=N/O)cccc21. The quantitative estimate of drug-likeness (QED) is 0.331. The van der Waals surface area contributed by atoms with E-state index in [1.807, 2.05) is 48.3 Å². The van der Waals surface area contributed by atoms with Crippen LogP contribution >= 0.6 is 0 Å². The number of aryl methyl sites for hydroxylation is 3. The van der Waals surface area contributed by atoms with Gasteiger partial charge in [0, 0.05) is 55.1 Å². The summed E-state index contributed by atoms with van der Waals surface area (Å²) in [4.78, 5) is 4.33. The fourth-order valence-electron chi connectivity index (χ4n) is 2.55. The number of amidine groups is 1. The first-order chi connectivity index (χ1) is 10.2. The normalized spacial score (nSPS) is 12.1. The lowest BCUT2D eigenvalue weighted by atomic mass is 10.1. The van der Waals surface area contributed by atoms with Gasteiger partial charge in [-0.2, -0.15) is 0 Å². The summed E-state index contributed by atoms with van der Waals surface area (Å²) in [7, 11) is 1.99. The molecule has 0 saturated heterocycles. The predicted molar refractivity (Wildman–Crippen MR) is 81.4 cm³/mol. The van der Waals surface area contributed by atoms with Crippen molar-refractivity contribution in [1.82, 2.24) is 14.1 Å². The number of aromatic nitrogens is 3. The summed E-state index contributed by atoms with van der Waals surface area (Å²) in [5.74, 6) is 1.17. The topological polar surface area (TPSA) is 81.4 Å². The molecular formula is C15H17N5O. The summed E-state index contributed by atoms with van der Waals surface area (Å²) in [6.45, 7) is 0.827. The Bertz CT molecular complexity index is 799. The van der Waals surface area contributed by atoms with Crippen LogP contribution in [-0.2, 0) is 20.0 Å². The first-order valence-corrected chi connectivity index (χ1v) is 6.72. The van der Waals surface area contributed by atoms with Crippen LogP contribution in [0.1, 0.15) is 11.4 Å². The molecule has 0 fully saturated rings. The Kier molecular flexibility index (Phi) is 3.35. The zero-order chi connectivity index (χ0) is 14.8. The molecule has 6 nitrogen and oxygen atoms in total. The molecule has 3 N–H and O–H groups in total. The molecule has 0 aliphatic carbocycles. The number of fused-ring (bicyclic) bond motifs is 1. The highest BCUT2D eigenvalue weighted by molar-refractivity contribution is 6.08. The summed E-state index contributed by atoms with van der Waals surface area (Å²) in [6, 6.07) is 7.77. The number of hydrogen-bond acceptors (Lipinski definition) is 3. The molecular weight excluding hydrogens is 266 g/mol. The van der Waals surface area contributed by atoms with Crippen LogP contribution < -0.4 is 5.73 Å². The molecule has 3 aromatic rings. The van der Waals surface area contributed by atoms with Gasteiger partial charge >= 0.3 is 0 Å². The van der Waals surface area contributed by atoms with Crippen LogP contribution in [0.4, 0.5) is 0 Å². The van der Waals surface area contributed by atoms with E-state index in [0.717, 1.165) is 35.3 Å². The van der Waals surface area contributed by atoms with Crippen molar-refractivity contribution in [3.63, 3.8) is 0 Å². The molecule has 0 saturated carbocycles. The van der Waals surface area contributed by atoms with Gasteiger partial charge in [0.05, 0.1) is 0 Å². The number of benzene rings is 1. The van der Waals surface area contributed by atoms with Crippen molar-refractivity contribution >= 4 is 16.7 Å². The molecule has 6 heteroatoms. The highest BCUT2D eigenvalue weighted by Gasteiger charge is 2.09. The molecule has 0 spiro atoms. The third-order valence-electron chi connectivity index (χ3n) is 3.69. The monoisotopic (exact) mass is 283 g/mol. The van der Waals surface area contributed by atoms with Crippen LogP contribution in [0.3, 0.4) is 0 Å². The molecule has 108 valence electrons. The minimum atomic E-state index is 0.127. The van der Waals surface area contributed by atoms with Crippen molar-refractivity contribution in [3.8, 4) is 0 Å². The van der Waals surface area contributed by atoms with E-state index in [1.165, 1.54) is 0 Å². The molecule has 0 amide bonds. The summed E-state index contributed by atoms with van der Waals surface area (Å²) >= 11 is 0. The van der Waals surface area contributed by atoms with Gasteiger partial charge in [0.2, 0.25) is 0 Å². The van der Waals surface area contributed by atoms with Crippen molar-refractivity contribution in [3.05, 3.63) is 54.2 Å². The Balaban J connectivity index is 1.92. The zero-order valence-electron chi connectivity index (χ0n) is 11.8. The first kappa shape index (κ1) is 13.2. The molecule has 0 radical (unpaired) electrons. The van der Waals surface area contributed by atoms with Gasteiger partial charge < -0.3 is 20.1 Å². The second-order valence-corrected chi connectivity index (χ2v) is 4.94. The molecule has 0 aliphatic heterocycles. The Morgan fingerprint density at radius 3 is 2.90 bits per heavy atom. The van der Waals surface area contributed by atoms with Crippen molar-refractivity contribution in [2.45, 2.75) is 13.0 Å². The summed E-state index contributed by atoms with van der Waals surface area (Å²) in [6.07, 6.45) is 6.61. The molecule has 2 aromatic heterocycles. The smallest absolute Gasteiger partial charge is 0.170 e. The maximum Gasteiger partial charge on any atom is 0.170 e. The predicted octanol–water partition coefficient (Wildman–Crippen LogP) is 1.71. The summed E-state index contributed by atoms with van der Waals surface area (Å²) in [5, 5.41) is 12.9. The van der Waals surface area contributed by atoms with E-state index in [9.17, 15) is 0 Å². The number of nitrogens with two attached hydrogens (primary N) is 1. The lowest BCUT2D eigenvalue weighted by Crippen LogP contribution is -2.13. The zero-order valence-corrected chi connectivity index (χ0v) is 11.8. The average Bonchev–Trinajstić information content (AvgIpc) is 3.10. The third kappa shape index (κ3) is 2.35. The fraction of sp³-hybridized carbons (Fsp3) is 0.200. The van der Waals surface area contributed by atoms with E-state index in [-0.39, 0.29) is 5.84 Å². The third-order valence-corrected chi connectivity index (χ3v) is 3.69. The minimum absolute atomic E-state index is 0.127. The van der Waals surface area contributed by atoms with Gasteiger partial charge in [-0.1, -0.05) is 17.3 Å². The van der Waals surface area contributed by atoms with Crippen molar-refractivity contribution in [2.75, 3.05) is 0 Å². The number of imidazole rings is 1. The van der Waals surface area contributed by atoms with Gasteiger partial charge in [-0.05, 0) is 12.1 Å². The molecule has 0 bridgehead atoms. The highest BCUT2D eigenvalue weighted by Crippen LogP contribution is 2.20. The Morgan fingerprint density at radius 1 is 1.33 bits per heavy atom. The molecule has 2 heterocycles. The average molecular weight is 283 g/mol. The maximum absolute atomic E-state index is 8.86. The van der Waals surface area contributed by atoms with E-state index >= 15 is 0 Å².